The summed E-state index contributed by atoms with van der Waals surface area (Å²) in [5.41, 5.74) is 2.00. The van der Waals surface area contributed by atoms with Crippen LogP contribution in [0.15, 0.2) is 64.5 Å². The number of thioether (sulfide) groups is 1. The van der Waals surface area contributed by atoms with Gasteiger partial charge >= 0.3 is 0 Å². The number of thiocarbonyl (C=S) groups is 1. The quantitative estimate of drug-likeness (QED) is 0.243. The number of benzene rings is 2. The molecule has 1 aliphatic rings. The van der Waals surface area contributed by atoms with Crippen LogP contribution < -0.4 is 9.47 Å². The molecule has 1 amide bonds. The van der Waals surface area contributed by atoms with E-state index in [0.29, 0.717) is 40.5 Å². The molecule has 2 aromatic rings. The van der Waals surface area contributed by atoms with Crippen molar-refractivity contribution in [1.82, 2.24) is 4.90 Å². The molecule has 0 bridgehead atoms. The normalized spacial score (nSPS) is 15.0. The summed E-state index contributed by atoms with van der Waals surface area (Å²) in [6.45, 7) is 7.04. The van der Waals surface area contributed by atoms with E-state index in [2.05, 4.69) is 34.6 Å². The average molecular weight is 504 g/mol. The first-order valence-corrected chi connectivity index (χ1v) is 11.5. The zero-order valence-corrected chi connectivity index (χ0v) is 19.8. The summed E-state index contributed by atoms with van der Waals surface area (Å²) >= 11 is 10.3. The van der Waals surface area contributed by atoms with E-state index in [1.54, 1.807) is 11.0 Å². The largest absolute Gasteiger partial charge is 0.490 e. The maximum absolute atomic E-state index is 12.9. The smallest absolute Gasteiger partial charge is 0.266 e. The van der Waals surface area contributed by atoms with Gasteiger partial charge < -0.3 is 9.47 Å². The van der Waals surface area contributed by atoms with Gasteiger partial charge in [-0.05, 0) is 42.7 Å². The molecule has 30 heavy (non-hydrogen) atoms. The Hall–Kier alpha value is -2.09. The Morgan fingerprint density at radius 3 is 2.63 bits per heavy atom. The highest BCUT2D eigenvalue weighted by Crippen LogP contribution is 2.38. The highest BCUT2D eigenvalue weighted by atomic mass is 79.9. The average Bonchev–Trinajstić information content (AvgIpc) is 3.01. The number of nitrogens with zero attached hydrogens (tertiary/aromatic N) is 1. The van der Waals surface area contributed by atoms with Crippen molar-refractivity contribution in [2.24, 2.45) is 0 Å². The van der Waals surface area contributed by atoms with Gasteiger partial charge in [0.05, 0.1) is 11.5 Å². The SMILES string of the molecule is C=CCOc1cc(Br)c(C=C2SC(=S)N(CCc3ccccc3)C2=O)cc1OCC. The second-order valence-corrected chi connectivity index (χ2v) is 8.95. The molecule has 7 heteroatoms. The van der Waals surface area contributed by atoms with Crippen molar-refractivity contribution in [2.75, 3.05) is 19.8 Å². The standard InChI is InChI=1S/C23H22BrNO3S2/c1-3-12-28-20-15-18(24)17(13-19(20)27-4-2)14-21-22(26)25(23(29)30-21)11-10-16-8-6-5-7-9-16/h3,5-9,13-15H,1,4,10-12H2,2H3. The van der Waals surface area contributed by atoms with E-state index in [1.807, 2.05) is 43.3 Å². The molecular weight excluding hydrogens is 482 g/mol. The Labute approximate surface area is 195 Å². The molecule has 0 atom stereocenters. The van der Waals surface area contributed by atoms with Crippen molar-refractivity contribution < 1.29 is 14.3 Å². The number of carbonyl (C=O) groups is 1. The Morgan fingerprint density at radius 2 is 1.93 bits per heavy atom. The molecule has 0 aliphatic carbocycles. The van der Waals surface area contributed by atoms with E-state index >= 15 is 0 Å². The van der Waals surface area contributed by atoms with E-state index in [1.165, 1.54) is 17.3 Å². The fourth-order valence-corrected chi connectivity index (χ4v) is 4.65. The van der Waals surface area contributed by atoms with Gasteiger partial charge in [-0.25, -0.2) is 0 Å². The van der Waals surface area contributed by atoms with Gasteiger partial charge in [-0.15, -0.1) is 0 Å². The number of carbonyl (C=O) groups excluding carboxylic acids is 1. The first-order chi connectivity index (χ1) is 14.5. The van der Waals surface area contributed by atoms with Crippen LogP contribution in [0.25, 0.3) is 6.08 Å². The van der Waals surface area contributed by atoms with Crippen LogP contribution in [0.5, 0.6) is 11.5 Å². The molecule has 0 unspecified atom stereocenters. The first-order valence-electron chi connectivity index (χ1n) is 9.52. The lowest BCUT2D eigenvalue weighted by Gasteiger charge is -2.14. The number of hydrogen-bond acceptors (Lipinski definition) is 5. The van der Waals surface area contributed by atoms with Gasteiger partial charge in [0.2, 0.25) is 0 Å². The third-order valence-corrected chi connectivity index (χ3v) is 6.41. The van der Waals surface area contributed by atoms with Gasteiger partial charge in [0.1, 0.15) is 10.9 Å². The molecular formula is C23H22BrNO3S2. The molecule has 0 spiro atoms. The Bertz CT molecular complexity index is 976. The Balaban J connectivity index is 1.80. The minimum Gasteiger partial charge on any atom is -0.490 e. The molecule has 0 saturated carbocycles. The van der Waals surface area contributed by atoms with Crippen LogP contribution >= 0.6 is 39.9 Å². The molecule has 156 valence electrons. The number of ether oxygens (including phenoxy) is 2. The van der Waals surface area contributed by atoms with Gasteiger partial charge in [0.15, 0.2) is 11.5 Å². The van der Waals surface area contributed by atoms with Crippen LogP contribution in [0, 0.1) is 0 Å². The van der Waals surface area contributed by atoms with E-state index in [4.69, 9.17) is 21.7 Å². The monoisotopic (exact) mass is 503 g/mol. The Kier molecular flexibility index (Phi) is 8.13. The lowest BCUT2D eigenvalue weighted by Crippen LogP contribution is -2.30. The van der Waals surface area contributed by atoms with Crippen LogP contribution in [0.1, 0.15) is 18.1 Å². The predicted octanol–water partition coefficient (Wildman–Crippen LogP) is 5.86. The van der Waals surface area contributed by atoms with Crippen LogP contribution in [0.2, 0.25) is 0 Å². The van der Waals surface area contributed by atoms with Crippen LogP contribution in [-0.2, 0) is 11.2 Å². The third-order valence-electron chi connectivity index (χ3n) is 4.35. The van der Waals surface area contributed by atoms with Crippen molar-refractivity contribution in [1.29, 1.82) is 0 Å². The van der Waals surface area contributed by atoms with Gasteiger partial charge in [-0.2, -0.15) is 0 Å². The van der Waals surface area contributed by atoms with Crippen molar-refractivity contribution >= 4 is 56.2 Å². The molecule has 1 fully saturated rings. The summed E-state index contributed by atoms with van der Waals surface area (Å²) in [7, 11) is 0. The highest BCUT2D eigenvalue weighted by Gasteiger charge is 2.31. The van der Waals surface area contributed by atoms with Crippen molar-refractivity contribution in [2.45, 2.75) is 13.3 Å². The van der Waals surface area contributed by atoms with Crippen molar-refractivity contribution in [3.8, 4) is 11.5 Å². The van der Waals surface area contributed by atoms with Gasteiger partial charge in [0.25, 0.3) is 5.91 Å². The topological polar surface area (TPSA) is 38.8 Å². The molecule has 1 saturated heterocycles. The zero-order chi connectivity index (χ0) is 21.5. The lowest BCUT2D eigenvalue weighted by atomic mass is 10.1. The maximum atomic E-state index is 12.9. The zero-order valence-electron chi connectivity index (χ0n) is 16.6. The predicted molar refractivity (Wildman–Crippen MR) is 131 cm³/mol. The molecule has 0 radical (unpaired) electrons. The summed E-state index contributed by atoms with van der Waals surface area (Å²) in [4.78, 5) is 15.2. The summed E-state index contributed by atoms with van der Waals surface area (Å²) < 4.78 is 12.8. The van der Waals surface area contributed by atoms with Gasteiger partial charge in [-0.3, -0.25) is 9.69 Å². The fourth-order valence-electron chi connectivity index (χ4n) is 2.91. The first kappa shape index (κ1) is 22.6. The molecule has 1 heterocycles. The molecule has 4 nitrogen and oxygen atoms in total. The summed E-state index contributed by atoms with van der Waals surface area (Å²) in [6.07, 6.45) is 4.28. The number of amides is 1. The number of rotatable bonds is 9. The minimum atomic E-state index is -0.0715. The number of halogens is 1. The van der Waals surface area contributed by atoms with E-state index < -0.39 is 0 Å². The number of hydrogen-bond donors (Lipinski definition) is 0. The summed E-state index contributed by atoms with van der Waals surface area (Å²) in [5, 5.41) is 0. The molecule has 3 rings (SSSR count). The van der Waals surface area contributed by atoms with Crippen molar-refractivity contribution in [3.63, 3.8) is 0 Å². The molecule has 1 aliphatic heterocycles. The van der Waals surface area contributed by atoms with Crippen LogP contribution in [-0.4, -0.2) is 34.9 Å². The van der Waals surface area contributed by atoms with E-state index in [0.717, 1.165) is 16.5 Å². The van der Waals surface area contributed by atoms with Crippen LogP contribution in [0.3, 0.4) is 0 Å². The van der Waals surface area contributed by atoms with Crippen molar-refractivity contribution in [3.05, 3.63) is 75.6 Å². The second-order valence-electron chi connectivity index (χ2n) is 6.42. The van der Waals surface area contributed by atoms with E-state index in [9.17, 15) is 4.79 Å². The second kappa shape index (κ2) is 10.8. The molecule has 0 aromatic heterocycles. The molecule has 0 N–H and O–H groups in total. The third kappa shape index (κ3) is 5.53. The lowest BCUT2D eigenvalue weighted by molar-refractivity contribution is -0.122. The van der Waals surface area contributed by atoms with Gasteiger partial charge in [-0.1, -0.05) is 82.9 Å². The highest BCUT2D eigenvalue weighted by molar-refractivity contribution is 9.10. The van der Waals surface area contributed by atoms with E-state index in [-0.39, 0.29) is 5.91 Å². The summed E-state index contributed by atoms with van der Waals surface area (Å²) in [5.74, 6) is 1.17. The Morgan fingerprint density at radius 1 is 1.20 bits per heavy atom. The maximum Gasteiger partial charge on any atom is 0.266 e. The van der Waals surface area contributed by atoms with Gasteiger partial charge in [0, 0.05) is 11.0 Å². The molecule has 2 aromatic carbocycles. The van der Waals surface area contributed by atoms with Crippen LogP contribution in [0.4, 0.5) is 0 Å². The fraction of sp³-hybridized carbons (Fsp3) is 0.217. The summed E-state index contributed by atoms with van der Waals surface area (Å²) in [6, 6.07) is 13.8. The minimum absolute atomic E-state index is 0.0715.